The van der Waals surface area contributed by atoms with E-state index < -0.39 is 24.4 Å². The highest BCUT2D eigenvalue weighted by atomic mass is 16.6. The van der Waals surface area contributed by atoms with E-state index in [1.165, 1.54) is 0 Å². The van der Waals surface area contributed by atoms with Crippen LogP contribution >= 0.6 is 0 Å². The molecule has 0 amide bonds. The van der Waals surface area contributed by atoms with Gasteiger partial charge in [-0.1, -0.05) is 19.4 Å². The summed E-state index contributed by atoms with van der Waals surface area (Å²) in [5.41, 5.74) is 22.2. The Kier molecular flexibility index (Phi) is 14.0. The summed E-state index contributed by atoms with van der Waals surface area (Å²) in [6.45, 7) is 4.81. The van der Waals surface area contributed by atoms with Gasteiger partial charge >= 0.3 is 11.9 Å². The maximum absolute atomic E-state index is 11.8. The van der Waals surface area contributed by atoms with Crippen molar-refractivity contribution >= 4 is 11.9 Å². The molecule has 0 aliphatic rings. The number of hydrogen-bond donors (Lipinski definition) is 4. The molecule has 2 atom stereocenters. The molecule has 146 valence electrons. The van der Waals surface area contributed by atoms with Crippen molar-refractivity contribution in [2.24, 2.45) is 22.9 Å². The average molecular weight is 358 g/mol. The number of rotatable bonds is 15. The lowest BCUT2D eigenvalue weighted by molar-refractivity contribution is -0.152. The van der Waals surface area contributed by atoms with Crippen molar-refractivity contribution in [1.82, 2.24) is 0 Å². The van der Waals surface area contributed by atoms with Gasteiger partial charge in [0.15, 0.2) is 12.5 Å². The van der Waals surface area contributed by atoms with Crippen molar-refractivity contribution in [2.75, 3.05) is 13.1 Å². The molecule has 0 aliphatic carbocycles. The van der Waals surface area contributed by atoms with Gasteiger partial charge in [-0.3, -0.25) is 16.3 Å². The first kappa shape index (κ1) is 23.5. The number of esters is 2. The molecular formula is C17H34N4O4. The summed E-state index contributed by atoms with van der Waals surface area (Å²) in [5.74, 6) is -1.30. The summed E-state index contributed by atoms with van der Waals surface area (Å²) < 4.78 is 10.1. The fourth-order valence-corrected chi connectivity index (χ4v) is 2.13. The van der Waals surface area contributed by atoms with Gasteiger partial charge in [-0.15, -0.1) is 0 Å². The Morgan fingerprint density at radius 3 is 1.76 bits per heavy atom. The second-order valence-corrected chi connectivity index (χ2v) is 6.03. The minimum absolute atomic E-state index is 0.00209. The van der Waals surface area contributed by atoms with Crippen molar-refractivity contribution < 1.29 is 19.1 Å². The van der Waals surface area contributed by atoms with E-state index in [9.17, 15) is 9.59 Å². The first-order chi connectivity index (χ1) is 11.9. The molecule has 0 aliphatic heterocycles. The van der Waals surface area contributed by atoms with Gasteiger partial charge in [0.05, 0.1) is 6.42 Å². The Balaban J connectivity index is 3.96. The van der Waals surface area contributed by atoms with Crippen molar-refractivity contribution in [2.45, 2.75) is 70.2 Å². The molecule has 8 N–H and O–H groups in total. The molecule has 0 heterocycles. The maximum atomic E-state index is 11.8. The topological polar surface area (TPSA) is 157 Å². The molecule has 0 aromatic rings. The average Bonchev–Trinajstić information content (AvgIpc) is 2.55. The summed E-state index contributed by atoms with van der Waals surface area (Å²) in [7, 11) is 0. The first-order valence-electron chi connectivity index (χ1n) is 8.90. The van der Waals surface area contributed by atoms with Gasteiger partial charge in [-0.05, 0) is 51.6 Å². The van der Waals surface area contributed by atoms with E-state index in [4.69, 9.17) is 32.4 Å². The molecule has 0 aromatic heterocycles. The summed E-state index contributed by atoms with van der Waals surface area (Å²) >= 11 is 0. The second-order valence-electron chi connectivity index (χ2n) is 6.03. The van der Waals surface area contributed by atoms with Crippen LogP contribution in [0.1, 0.15) is 57.8 Å². The fraction of sp³-hybridized carbons (Fsp3) is 0.765. The third kappa shape index (κ3) is 13.5. The minimum Gasteiger partial charge on any atom is -0.447 e. The predicted octanol–water partition coefficient (Wildman–Crippen LogP) is 0.627. The normalized spacial score (nSPS) is 13.1. The SMILES string of the molecule is C=C(CC(=O)OC(N)CCCCCN)C(=O)OC(N)CCCCCN. The molecule has 0 aromatic carbocycles. The molecule has 0 spiro atoms. The summed E-state index contributed by atoms with van der Waals surface area (Å²) in [5, 5.41) is 0. The zero-order chi connectivity index (χ0) is 19.1. The Labute approximate surface area is 150 Å². The summed E-state index contributed by atoms with van der Waals surface area (Å²) in [6, 6.07) is 0. The molecule has 8 heteroatoms. The van der Waals surface area contributed by atoms with E-state index in [0.717, 1.165) is 38.5 Å². The van der Waals surface area contributed by atoms with Crippen LogP contribution in [0.2, 0.25) is 0 Å². The molecule has 25 heavy (non-hydrogen) atoms. The number of carbonyl (C=O) groups excluding carboxylic acids is 2. The Morgan fingerprint density at radius 2 is 1.28 bits per heavy atom. The molecule has 2 unspecified atom stereocenters. The van der Waals surface area contributed by atoms with Gasteiger partial charge in [0.1, 0.15) is 0 Å². The molecular weight excluding hydrogens is 324 g/mol. The first-order valence-corrected chi connectivity index (χ1v) is 8.90. The minimum atomic E-state index is -0.720. The van der Waals surface area contributed by atoms with Crippen molar-refractivity contribution in [3.8, 4) is 0 Å². The highest BCUT2D eigenvalue weighted by Gasteiger charge is 2.18. The van der Waals surface area contributed by atoms with E-state index in [0.29, 0.717) is 25.9 Å². The van der Waals surface area contributed by atoms with Gasteiger partial charge in [0.2, 0.25) is 0 Å². The van der Waals surface area contributed by atoms with Crippen LogP contribution < -0.4 is 22.9 Å². The number of carbonyl (C=O) groups is 2. The highest BCUT2D eigenvalue weighted by Crippen LogP contribution is 2.10. The van der Waals surface area contributed by atoms with Gasteiger partial charge in [0.25, 0.3) is 0 Å². The summed E-state index contributed by atoms with van der Waals surface area (Å²) in [4.78, 5) is 23.6. The van der Waals surface area contributed by atoms with Crippen LogP contribution in [0.25, 0.3) is 0 Å². The zero-order valence-corrected chi connectivity index (χ0v) is 15.1. The largest absolute Gasteiger partial charge is 0.447 e. The predicted molar refractivity (Wildman–Crippen MR) is 96.9 cm³/mol. The molecule has 0 radical (unpaired) electrons. The number of nitrogens with two attached hydrogens (primary N) is 4. The van der Waals surface area contributed by atoms with Crippen LogP contribution in [0.3, 0.4) is 0 Å². The van der Waals surface area contributed by atoms with Crippen LogP contribution in [0.4, 0.5) is 0 Å². The van der Waals surface area contributed by atoms with Gasteiger partial charge in [0, 0.05) is 5.57 Å². The molecule has 0 fully saturated rings. The van der Waals surface area contributed by atoms with Crippen LogP contribution in [-0.2, 0) is 19.1 Å². The highest BCUT2D eigenvalue weighted by molar-refractivity contribution is 5.93. The quantitative estimate of drug-likeness (QED) is 0.144. The number of unbranched alkanes of at least 4 members (excludes halogenated alkanes) is 4. The Hall–Kier alpha value is -1.48. The van der Waals surface area contributed by atoms with Crippen LogP contribution in [0, 0.1) is 0 Å². The molecule has 0 rings (SSSR count). The lowest BCUT2D eigenvalue weighted by Gasteiger charge is -2.15. The molecule has 0 saturated carbocycles. The second kappa shape index (κ2) is 14.8. The number of ether oxygens (including phenoxy) is 2. The molecule has 8 nitrogen and oxygen atoms in total. The lowest BCUT2D eigenvalue weighted by Crippen LogP contribution is -2.30. The fourth-order valence-electron chi connectivity index (χ4n) is 2.13. The van der Waals surface area contributed by atoms with Gasteiger partial charge in [-0.2, -0.15) is 0 Å². The van der Waals surface area contributed by atoms with E-state index >= 15 is 0 Å². The van der Waals surface area contributed by atoms with Crippen LogP contribution in [-0.4, -0.2) is 37.5 Å². The Bertz CT molecular complexity index is 404. The third-order valence-electron chi connectivity index (χ3n) is 3.57. The van der Waals surface area contributed by atoms with E-state index in [2.05, 4.69) is 6.58 Å². The van der Waals surface area contributed by atoms with Crippen LogP contribution in [0.5, 0.6) is 0 Å². The number of hydrogen-bond acceptors (Lipinski definition) is 8. The van der Waals surface area contributed by atoms with E-state index in [1.54, 1.807) is 0 Å². The smallest absolute Gasteiger partial charge is 0.335 e. The standard InChI is InChI=1S/C17H34N4O4/c1-13(17(23)25-15(21)9-5-3-7-11-19)12-16(22)24-14(20)8-4-2-6-10-18/h14-15H,1-12,18-21H2. The van der Waals surface area contributed by atoms with Crippen molar-refractivity contribution in [3.63, 3.8) is 0 Å². The van der Waals surface area contributed by atoms with Crippen molar-refractivity contribution in [3.05, 3.63) is 12.2 Å². The van der Waals surface area contributed by atoms with Crippen LogP contribution in [0.15, 0.2) is 12.2 Å². The molecule has 0 bridgehead atoms. The van der Waals surface area contributed by atoms with Crippen molar-refractivity contribution in [1.29, 1.82) is 0 Å². The zero-order valence-electron chi connectivity index (χ0n) is 15.1. The van der Waals surface area contributed by atoms with E-state index in [1.807, 2.05) is 0 Å². The lowest BCUT2D eigenvalue weighted by atomic mass is 10.1. The monoisotopic (exact) mass is 358 g/mol. The third-order valence-corrected chi connectivity index (χ3v) is 3.57. The maximum Gasteiger partial charge on any atom is 0.335 e. The Morgan fingerprint density at radius 1 is 0.800 bits per heavy atom. The summed E-state index contributed by atoms with van der Waals surface area (Å²) in [6.07, 6.45) is 4.74. The van der Waals surface area contributed by atoms with Gasteiger partial charge in [-0.25, -0.2) is 4.79 Å². The molecule has 0 saturated heterocycles. The van der Waals surface area contributed by atoms with Gasteiger partial charge < -0.3 is 20.9 Å². The van der Waals surface area contributed by atoms with E-state index in [-0.39, 0.29) is 12.0 Å².